The highest BCUT2D eigenvalue weighted by atomic mass is 32.2. The van der Waals surface area contributed by atoms with Crippen molar-refractivity contribution >= 4 is 40.0 Å². The molecular formula is C23H18FN5OS2. The molecule has 9 heteroatoms. The number of hydrogen-bond acceptors (Lipinski definition) is 7. The van der Waals surface area contributed by atoms with Crippen LogP contribution in [0.4, 0.5) is 15.3 Å². The average Bonchev–Trinajstić information content (AvgIpc) is 3.41. The first-order chi connectivity index (χ1) is 15.6. The first-order valence-electron chi connectivity index (χ1n) is 9.91. The average molecular weight is 464 g/mol. The van der Waals surface area contributed by atoms with Crippen molar-refractivity contribution in [3.63, 3.8) is 0 Å². The lowest BCUT2D eigenvalue weighted by Gasteiger charge is -2.15. The third-order valence-corrected chi connectivity index (χ3v) is 7.08. The maximum absolute atomic E-state index is 15.2. The minimum absolute atomic E-state index is 0.158. The Morgan fingerprint density at radius 3 is 2.59 bits per heavy atom. The van der Waals surface area contributed by atoms with Crippen LogP contribution in [0, 0.1) is 12.7 Å². The zero-order valence-corrected chi connectivity index (χ0v) is 18.7. The Morgan fingerprint density at radius 2 is 1.84 bits per heavy atom. The number of thiazole rings is 1. The lowest BCUT2D eigenvalue weighted by molar-refractivity contribution is 0.0739. The molecule has 0 bridgehead atoms. The maximum Gasteiger partial charge on any atom is 0.276 e. The van der Waals surface area contributed by atoms with Crippen molar-refractivity contribution in [2.75, 3.05) is 5.32 Å². The molecule has 0 unspecified atom stereocenters. The van der Waals surface area contributed by atoms with Crippen LogP contribution in [0.15, 0.2) is 70.2 Å². The van der Waals surface area contributed by atoms with Crippen LogP contribution in [0.5, 0.6) is 0 Å². The van der Waals surface area contributed by atoms with E-state index in [1.54, 1.807) is 23.4 Å². The number of carbonyl (C=O) groups is 1. The topological polar surface area (TPSA) is 71.0 Å². The van der Waals surface area contributed by atoms with Gasteiger partial charge in [-0.1, -0.05) is 47.4 Å². The highest BCUT2D eigenvalue weighted by molar-refractivity contribution is 8.01. The van der Waals surface area contributed by atoms with Crippen LogP contribution in [0.25, 0.3) is 0 Å². The second-order valence-corrected chi connectivity index (χ2v) is 9.70. The highest BCUT2D eigenvalue weighted by Crippen LogP contribution is 2.36. The molecule has 5 rings (SSSR count). The maximum atomic E-state index is 15.2. The summed E-state index contributed by atoms with van der Waals surface area (Å²) in [6.07, 6.45) is 4.87. The van der Waals surface area contributed by atoms with Crippen molar-refractivity contribution in [2.24, 2.45) is 0 Å². The Hall–Kier alpha value is -3.30. The standard InChI is InChI=1S/C23H18FN5OS2/c1-14-6-8-25-18(10-14)28-23-27-11-19(32-23)31-17-7-9-26-21(20(17)24)22(30)29-12-15-4-2-3-5-16(15)13-29/h2-11H,12-13H2,1H3,(H,25,27,28). The normalized spacial score (nSPS) is 12.6. The molecule has 0 saturated heterocycles. The fourth-order valence-electron chi connectivity index (χ4n) is 3.47. The summed E-state index contributed by atoms with van der Waals surface area (Å²) in [6, 6.07) is 13.3. The summed E-state index contributed by atoms with van der Waals surface area (Å²) in [4.78, 5) is 27.6. The van der Waals surface area contributed by atoms with Gasteiger partial charge < -0.3 is 10.2 Å². The number of pyridine rings is 2. The van der Waals surface area contributed by atoms with Gasteiger partial charge in [0.25, 0.3) is 5.91 Å². The van der Waals surface area contributed by atoms with Gasteiger partial charge in [0.2, 0.25) is 0 Å². The number of anilines is 2. The van der Waals surface area contributed by atoms with Crippen molar-refractivity contribution in [1.82, 2.24) is 19.9 Å². The van der Waals surface area contributed by atoms with Gasteiger partial charge in [-0.15, -0.1) is 0 Å². The zero-order valence-electron chi connectivity index (χ0n) is 17.1. The Labute approximate surface area is 192 Å². The molecule has 1 N–H and O–H groups in total. The molecule has 4 heterocycles. The van der Waals surface area contributed by atoms with E-state index < -0.39 is 11.7 Å². The molecule has 0 fully saturated rings. The number of nitrogens with zero attached hydrogens (tertiary/aromatic N) is 4. The number of nitrogens with one attached hydrogen (secondary N) is 1. The fraction of sp³-hybridized carbons (Fsp3) is 0.130. The van der Waals surface area contributed by atoms with E-state index in [-0.39, 0.29) is 5.69 Å². The van der Waals surface area contributed by atoms with Crippen LogP contribution in [0.1, 0.15) is 27.2 Å². The first-order valence-corrected chi connectivity index (χ1v) is 11.5. The van der Waals surface area contributed by atoms with E-state index in [1.807, 2.05) is 43.3 Å². The molecule has 1 amide bonds. The molecule has 3 aromatic heterocycles. The quantitative estimate of drug-likeness (QED) is 0.425. The van der Waals surface area contributed by atoms with E-state index in [0.717, 1.165) is 20.9 Å². The molecule has 0 aliphatic carbocycles. The smallest absolute Gasteiger partial charge is 0.276 e. The number of fused-ring (bicyclic) bond motifs is 1. The van der Waals surface area contributed by atoms with E-state index in [9.17, 15) is 4.79 Å². The van der Waals surface area contributed by atoms with Gasteiger partial charge in [-0.05, 0) is 41.8 Å². The van der Waals surface area contributed by atoms with E-state index in [4.69, 9.17) is 0 Å². The summed E-state index contributed by atoms with van der Waals surface area (Å²) < 4.78 is 16.0. The number of amides is 1. The Balaban J connectivity index is 1.31. The summed E-state index contributed by atoms with van der Waals surface area (Å²) in [6.45, 7) is 2.91. The Morgan fingerprint density at radius 1 is 1.09 bits per heavy atom. The van der Waals surface area contributed by atoms with Crippen LogP contribution >= 0.6 is 23.1 Å². The highest BCUT2D eigenvalue weighted by Gasteiger charge is 2.28. The van der Waals surface area contributed by atoms with Crippen molar-refractivity contribution in [2.45, 2.75) is 29.1 Å². The molecule has 1 aliphatic rings. The van der Waals surface area contributed by atoms with Crippen molar-refractivity contribution < 1.29 is 9.18 Å². The summed E-state index contributed by atoms with van der Waals surface area (Å²) in [5.74, 6) is -0.314. The van der Waals surface area contributed by atoms with Crippen LogP contribution < -0.4 is 5.32 Å². The number of hydrogen-bond donors (Lipinski definition) is 1. The summed E-state index contributed by atoms with van der Waals surface area (Å²) in [5, 5.41) is 3.82. The molecule has 1 aromatic carbocycles. The van der Waals surface area contributed by atoms with E-state index in [2.05, 4.69) is 20.3 Å². The van der Waals surface area contributed by atoms with Crippen LogP contribution in [0.3, 0.4) is 0 Å². The summed E-state index contributed by atoms with van der Waals surface area (Å²) in [5.41, 5.74) is 3.10. The van der Waals surface area contributed by atoms with Gasteiger partial charge in [-0.3, -0.25) is 4.79 Å². The van der Waals surface area contributed by atoms with Crippen molar-refractivity contribution in [3.8, 4) is 0 Å². The number of halogens is 1. The molecule has 0 saturated carbocycles. The first kappa shape index (κ1) is 20.6. The van der Waals surface area contributed by atoms with Gasteiger partial charge in [0.1, 0.15) is 5.82 Å². The summed E-state index contributed by atoms with van der Waals surface area (Å²) >= 11 is 2.61. The molecule has 0 radical (unpaired) electrons. The number of aromatic nitrogens is 3. The lowest BCUT2D eigenvalue weighted by Crippen LogP contribution is -2.27. The lowest BCUT2D eigenvalue weighted by atomic mass is 10.1. The van der Waals surface area contributed by atoms with Crippen molar-refractivity contribution in [1.29, 1.82) is 0 Å². The third-order valence-electron chi connectivity index (χ3n) is 5.03. The Kier molecular flexibility index (Phi) is 5.59. The van der Waals surface area contributed by atoms with Gasteiger partial charge in [-0.25, -0.2) is 19.3 Å². The molecule has 6 nitrogen and oxygen atoms in total. The number of rotatable bonds is 5. The second-order valence-electron chi connectivity index (χ2n) is 7.33. The number of benzene rings is 1. The molecule has 4 aromatic rings. The van der Waals surface area contributed by atoms with Gasteiger partial charge in [0.05, 0.1) is 15.3 Å². The molecule has 160 valence electrons. The Bertz CT molecular complexity index is 1280. The number of carbonyl (C=O) groups excluding carboxylic acids is 1. The van der Waals surface area contributed by atoms with Crippen LogP contribution in [0.2, 0.25) is 0 Å². The minimum Gasteiger partial charge on any atom is -0.329 e. The zero-order chi connectivity index (χ0) is 22.1. The van der Waals surface area contributed by atoms with E-state index in [1.165, 1.54) is 29.3 Å². The fourth-order valence-corrected chi connectivity index (χ4v) is 5.33. The van der Waals surface area contributed by atoms with Crippen LogP contribution in [-0.2, 0) is 13.1 Å². The predicted octanol–water partition coefficient (Wildman–Crippen LogP) is 5.43. The van der Waals surface area contributed by atoms with Crippen molar-refractivity contribution in [3.05, 3.63) is 89.3 Å². The molecule has 0 spiro atoms. The van der Waals surface area contributed by atoms with Gasteiger partial charge in [0.15, 0.2) is 16.6 Å². The van der Waals surface area contributed by atoms with Gasteiger partial charge in [0, 0.05) is 25.5 Å². The molecule has 0 atom stereocenters. The molecule has 1 aliphatic heterocycles. The van der Waals surface area contributed by atoms with Gasteiger partial charge in [-0.2, -0.15) is 0 Å². The predicted molar refractivity (Wildman–Crippen MR) is 123 cm³/mol. The minimum atomic E-state index is -0.610. The number of aryl methyl sites for hydroxylation is 1. The largest absolute Gasteiger partial charge is 0.329 e. The third kappa shape index (κ3) is 4.21. The SMILES string of the molecule is Cc1ccnc(Nc2ncc(Sc3ccnc(C(=O)N4Cc5ccccc5C4)c3F)s2)c1. The van der Waals surface area contributed by atoms with Crippen LogP contribution in [-0.4, -0.2) is 25.8 Å². The van der Waals surface area contributed by atoms with Gasteiger partial charge >= 0.3 is 0 Å². The molecule has 32 heavy (non-hydrogen) atoms. The second kappa shape index (κ2) is 8.68. The van der Waals surface area contributed by atoms with E-state index in [0.29, 0.717) is 28.9 Å². The van der Waals surface area contributed by atoms with E-state index >= 15 is 4.39 Å². The summed E-state index contributed by atoms with van der Waals surface area (Å²) in [7, 11) is 0. The monoisotopic (exact) mass is 463 g/mol. The molecular weight excluding hydrogens is 445 g/mol.